The van der Waals surface area contributed by atoms with E-state index in [2.05, 4.69) is 12.1 Å². The maximum atomic E-state index is 12.8. The fourth-order valence-corrected chi connectivity index (χ4v) is 3.95. The van der Waals surface area contributed by atoms with Crippen LogP contribution in [0.1, 0.15) is 31.9 Å². The van der Waals surface area contributed by atoms with Crippen LogP contribution in [0.3, 0.4) is 0 Å². The second-order valence-electron chi connectivity index (χ2n) is 5.71. The first-order valence-electron chi connectivity index (χ1n) is 7.78. The SMILES string of the molecule is Cc1c(CCc2ccccc2)sc(N)c1C(=O)c1ccc(Cl)cc1. The van der Waals surface area contributed by atoms with Crippen LogP contribution in [-0.4, -0.2) is 5.78 Å². The number of thiophene rings is 1. The number of anilines is 1. The largest absolute Gasteiger partial charge is 0.390 e. The standard InChI is InChI=1S/C20H18ClNOS/c1-13-17(12-7-14-5-3-2-4-6-14)24-20(22)18(13)19(23)15-8-10-16(21)11-9-15/h2-6,8-11H,7,12,22H2,1H3. The zero-order chi connectivity index (χ0) is 17.1. The summed E-state index contributed by atoms with van der Waals surface area (Å²) in [6.07, 6.45) is 1.83. The van der Waals surface area contributed by atoms with Gasteiger partial charge in [-0.1, -0.05) is 41.9 Å². The van der Waals surface area contributed by atoms with Gasteiger partial charge in [-0.05, 0) is 55.2 Å². The maximum Gasteiger partial charge on any atom is 0.196 e. The minimum atomic E-state index is -0.0381. The van der Waals surface area contributed by atoms with Gasteiger partial charge in [0.05, 0.1) is 10.6 Å². The Kier molecular flexibility index (Phi) is 5.03. The molecule has 4 heteroatoms. The molecular weight excluding hydrogens is 338 g/mol. The molecule has 0 aliphatic heterocycles. The third-order valence-electron chi connectivity index (χ3n) is 4.09. The molecule has 0 aliphatic carbocycles. The Balaban J connectivity index is 1.83. The van der Waals surface area contributed by atoms with E-state index in [1.54, 1.807) is 24.3 Å². The molecule has 0 unspecified atom stereocenters. The lowest BCUT2D eigenvalue weighted by Gasteiger charge is -2.04. The number of benzene rings is 2. The molecule has 2 aromatic carbocycles. The van der Waals surface area contributed by atoms with Crippen molar-refractivity contribution >= 4 is 33.7 Å². The van der Waals surface area contributed by atoms with E-state index in [1.807, 2.05) is 25.1 Å². The van der Waals surface area contributed by atoms with Crippen LogP contribution in [-0.2, 0) is 12.8 Å². The average molecular weight is 356 g/mol. The van der Waals surface area contributed by atoms with Crippen molar-refractivity contribution in [2.75, 3.05) is 5.73 Å². The van der Waals surface area contributed by atoms with E-state index >= 15 is 0 Å². The van der Waals surface area contributed by atoms with Crippen LogP contribution < -0.4 is 5.73 Å². The fraction of sp³-hybridized carbons (Fsp3) is 0.150. The number of hydrogen-bond donors (Lipinski definition) is 1. The predicted molar refractivity (Wildman–Crippen MR) is 102 cm³/mol. The lowest BCUT2D eigenvalue weighted by molar-refractivity contribution is 0.103. The molecule has 1 heterocycles. The third kappa shape index (κ3) is 3.53. The second kappa shape index (κ2) is 7.20. The Hall–Kier alpha value is -2.10. The number of nitrogen functional groups attached to an aromatic ring is 1. The van der Waals surface area contributed by atoms with E-state index in [1.165, 1.54) is 21.8 Å². The van der Waals surface area contributed by atoms with Crippen LogP contribution >= 0.6 is 22.9 Å². The fourth-order valence-electron chi connectivity index (χ4n) is 2.75. The highest BCUT2D eigenvalue weighted by atomic mass is 35.5. The zero-order valence-corrected chi connectivity index (χ0v) is 15.0. The van der Waals surface area contributed by atoms with E-state index < -0.39 is 0 Å². The molecule has 0 fully saturated rings. The molecule has 0 saturated heterocycles. The molecule has 2 nitrogen and oxygen atoms in total. The summed E-state index contributed by atoms with van der Waals surface area (Å²) in [5.41, 5.74) is 9.67. The van der Waals surface area contributed by atoms with Gasteiger partial charge in [0.25, 0.3) is 0 Å². The van der Waals surface area contributed by atoms with Crippen LogP contribution in [0.5, 0.6) is 0 Å². The number of hydrogen-bond acceptors (Lipinski definition) is 3. The van der Waals surface area contributed by atoms with Crippen LogP contribution in [0.4, 0.5) is 5.00 Å². The van der Waals surface area contributed by atoms with E-state index in [0.717, 1.165) is 18.4 Å². The lowest BCUT2D eigenvalue weighted by Crippen LogP contribution is -2.05. The van der Waals surface area contributed by atoms with Crippen molar-refractivity contribution in [3.05, 3.63) is 86.8 Å². The van der Waals surface area contributed by atoms with Gasteiger partial charge in [-0.25, -0.2) is 0 Å². The van der Waals surface area contributed by atoms with E-state index in [9.17, 15) is 4.79 Å². The number of carbonyl (C=O) groups is 1. The van der Waals surface area contributed by atoms with Gasteiger partial charge in [0.1, 0.15) is 0 Å². The van der Waals surface area contributed by atoms with Crippen molar-refractivity contribution in [2.24, 2.45) is 0 Å². The summed E-state index contributed by atoms with van der Waals surface area (Å²) >= 11 is 7.41. The Morgan fingerprint density at radius 3 is 2.38 bits per heavy atom. The van der Waals surface area contributed by atoms with Gasteiger partial charge in [-0.2, -0.15) is 0 Å². The topological polar surface area (TPSA) is 43.1 Å². The molecule has 0 spiro atoms. The molecular formula is C20H18ClNOS. The minimum absolute atomic E-state index is 0.0381. The number of halogens is 1. The van der Waals surface area contributed by atoms with E-state index in [0.29, 0.717) is 21.2 Å². The predicted octanol–water partition coefficient (Wildman–Crippen LogP) is 5.31. The molecule has 24 heavy (non-hydrogen) atoms. The molecule has 2 N–H and O–H groups in total. The van der Waals surface area contributed by atoms with E-state index in [4.69, 9.17) is 17.3 Å². The molecule has 0 bridgehead atoms. The lowest BCUT2D eigenvalue weighted by atomic mass is 9.99. The number of aryl methyl sites for hydroxylation is 2. The van der Waals surface area contributed by atoms with Gasteiger partial charge in [0.2, 0.25) is 0 Å². The zero-order valence-electron chi connectivity index (χ0n) is 13.4. The minimum Gasteiger partial charge on any atom is -0.390 e. The van der Waals surface area contributed by atoms with Crippen molar-refractivity contribution < 1.29 is 4.79 Å². The van der Waals surface area contributed by atoms with Crippen LogP contribution in [0.15, 0.2) is 54.6 Å². The molecule has 0 saturated carbocycles. The summed E-state index contributed by atoms with van der Waals surface area (Å²) in [6.45, 7) is 1.98. The second-order valence-corrected chi connectivity index (χ2v) is 7.28. The van der Waals surface area contributed by atoms with Crippen molar-refractivity contribution in [2.45, 2.75) is 19.8 Å². The van der Waals surface area contributed by atoms with Gasteiger partial charge < -0.3 is 5.73 Å². The van der Waals surface area contributed by atoms with Crippen molar-refractivity contribution in [1.82, 2.24) is 0 Å². The monoisotopic (exact) mass is 355 g/mol. The molecule has 0 aliphatic rings. The third-order valence-corrected chi connectivity index (χ3v) is 5.52. The molecule has 0 amide bonds. The van der Waals surface area contributed by atoms with Gasteiger partial charge in [-0.15, -0.1) is 11.3 Å². The normalized spacial score (nSPS) is 10.8. The smallest absolute Gasteiger partial charge is 0.196 e. The van der Waals surface area contributed by atoms with Crippen molar-refractivity contribution in [3.8, 4) is 0 Å². The Morgan fingerprint density at radius 1 is 1.04 bits per heavy atom. The summed E-state index contributed by atoms with van der Waals surface area (Å²) < 4.78 is 0. The first-order chi connectivity index (χ1) is 11.6. The summed E-state index contributed by atoms with van der Waals surface area (Å²) in [6, 6.07) is 17.3. The summed E-state index contributed by atoms with van der Waals surface area (Å²) in [4.78, 5) is 13.9. The Morgan fingerprint density at radius 2 is 1.71 bits per heavy atom. The number of ketones is 1. The highest BCUT2D eigenvalue weighted by molar-refractivity contribution is 7.16. The highest BCUT2D eigenvalue weighted by Crippen LogP contribution is 2.33. The van der Waals surface area contributed by atoms with Gasteiger partial charge in [0, 0.05) is 15.5 Å². The van der Waals surface area contributed by atoms with Gasteiger partial charge in [-0.3, -0.25) is 4.79 Å². The summed E-state index contributed by atoms with van der Waals surface area (Å²) in [5.74, 6) is -0.0381. The quantitative estimate of drug-likeness (QED) is 0.630. The highest BCUT2D eigenvalue weighted by Gasteiger charge is 2.20. The first-order valence-corrected chi connectivity index (χ1v) is 8.97. The molecule has 3 aromatic rings. The molecule has 0 atom stereocenters. The van der Waals surface area contributed by atoms with Gasteiger partial charge >= 0.3 is 0 Å². The van der Waals surface area contributed by atoms with Crippen molar-refractivity contribution in [1.29, 1.82) is 0 Å². The van der Waals surface area contributed by atoms with E-state index in [-0.39, 0.29) is 5.78 Å². The number of carbonyl (C=O) groups excluding carboxylic acids is 1. The number of nitrogens with two attached hydrogens (primary N) is 1. The summed E-state index contributed by atoms with van der Waals surface area (Å²) in [7, 11) is 0. The molecule has 1 aromatic heterocycles. The molecule has 122 valence electrons. The van der Waals surface area contributed by atoms with Gasteiger partial charge in [0.15, 0.2) is 5.78 Å². The molecule has 3 rings (SSSR count). The first kappa shape index (κ1) is 16.7. The summed E-state index contributed by atoms with van der Waals surface area (Å²) in [5, 5.41) is 1.21. The van der Waals surface area contributed by atoms with Crippen molar-refractivity contribution in [3.63, 3.8) is 0 Å². The molecule has 0 radical (unpaired) electrons. The van der Waals surface area contributed by atoms with Crippen LogP contribution in [0, 0.1) is 6.92 Å². The average Bonchev–Trinajstić information content (AvgIpc) is 2.88. The van der Waals surface area contributed by atoms with Crippen LogP contribution in [0.2, 0.25) is 5.02 Å². The maximum absolute atomic E-state index is 12.8. The van der Waals surface area contributed by atoms with Crippen LogP contribution in [0.25, 0.3) is 0 Å². The Bertz CT molecular complexity index is 853. The number of rotatable bonds is 5. The Labute approximate surface area is 150 Å².